The third-order valence-electron chi connectivity index (χ3n) is 4.78. The molecule has 3 aromatic rings. The van der Waals surface area contributed by atoms with E-state index in [9.17, 15) is 0 Å². The van der Waals surface area contributed by atoms with Gasteiger partial charge in [0.1, 0.15) is 0 Å². The van der Waals surface area contributed by atoms with E-state index in [0.717, 1.165) is 37.2 Å². The molecule has 0 aliphatic rings. The normalized spacial score (nSPS) is 10.8. The molecule has 3 rings (SSSR count). The van der Waals surface area contributed by atoms with Gasteiger partial charge in [0.2, 0.25) is 0 Å². The van der Waals surface area contributed by atoms with Gasteiger partial charge < -0.3 is 10.2 Å². The number of unbranched alkanes of at least 4 members (excludes halogenated alkanes) is 1. The predicted molar refractivity (Wildman–Crippen MR) is 126 cm³/mol. The Kier molecular flexibility index (Phi) is 7.70. The van der Waals surface area contributed by atoms with Crippen molar-refractivity contribution in [3.63, 3.8) is 0 Å². The molecule has 0 bridgehead atoms. The lowest BCUT2D eigenvalue weighted by molar-refractivity contribution is 0.743. The number of para-hydroxylation sites is 1. The highest BCUT2D eigenvalue weighted by atomic mass is 15.3. The van der Waals surface area contributed by atoms with Gasteiger partial charge in [0.25, 0.3) is 0 Å². The van der Waals surface area contributed by atoms with Crippen LogP contribution in [-0.2, 0) is 0 Å². The Morgan fingerprint density at radius 3 is 2.38 bits per heavy atom. The maximum Gasteiger partial charge on any atom is 0.0564 e. The number of anilines is 3. The van der Waals surface area contributed by atoms with Crippen molar-refractivity contribution in [2.75, 3.05) is 35.8 Å². The van der Waals surface area contributed by atoms with Crippen molar-refractivity contribution in [3.8, 4) is 0 Å². The molecule has 29 heavy (non-hydrogen) atoms. The number of benzene rings is 3. The van der Waals surface area contributed by atoms with Crippen molar-refractivity contribution in [1.29, 1.82) is 0 Å². The lowest BCUT2D eigenvalue weighted by Crippen LogP contribution is -2.19. The molecule has 4 nitrogen and oxygen atoms in total. The van der Waals surface area contributed by atoms with Gasteiger partial charge in [-0.1, -0.05) is 42.5 Å². The van der Waals surface area contributed by atoms with E-state index in [1.54, 1.807) is 0 Å². The van der Waals surface area contributed by atoms with Crippen LogP contribution in [0.1, 0.15) is 24.0 Å². The molecule has 150 valence electrons. The Morgan fingerprint density at radius 1 is 0.862 bits per heavy atom. The van der Waals surface area contributed by atoms with Gasteiger partial charge in [-0.15, -0.1) is 0 Å². The fourth-order valence-electron chi connectivity index (χ4n) is 3.10. The smallest absolute Gasteiger partial charge is 0.0564 e. The maximum absolute atomic E-state index is 4.33. The van der Waals surface area contributed by atoms with E-state index in [1.807, 2.05) is 24.4 Å². The van der Waals surface area contributed by atoms with E-state index in [1.165, 1.54) is 16.9 Å². The second-order valence-electron chi connectivity index (χ2n) is 7.25. The molecule has 0 fully saturated rings. The fraction of sp³-hybridized carbons (Fsp3) is 0.240. The van der Waals surface area contributed by atoms with Gasteiger partial charge in [-0.2, -0.15) is 5.10 Å². The van der Waals surface area contributed by atoms with E-state index in [2.05, 4.69) is 95.4 Å². The Balaban J connectivity index is 1.39. The Bertz CT molecular complexity index is 888. The van der Waals surface area contributed by atoms with Crippen molar-refractivity contribution in [3.05, 3.63) is 90.0 Å². The standard InChI is InChI=1S/C25H30N4/c1-21-9-8-12-24(19-21)28-27-20-22-13-15-25(16-14-22)29(2)18-7-6-17-26-23-10-4-3-5-11-23/h3-5,8-16,19-20,26,28H,6-7,17-18H2,1-2H3/b27-20-. The van der Waals surface area contributed by atoms with Gasteiger partial charge in [0, 0.05) is 31.5 Å². The van der Waals surface area contributed by atoms with Crippen molar-refractivity contribution >= 4 is 23.3 Å². The molecular formula is C25H30N4. The number of hydrogen-bond acceptors (Lipinski definition) is 4. The van der Waals surface area contributed by atoms with E-state index < -0.39 is 0 Å². The average molecular weight is 387 g/mol. The summed E-state index contributed by atoms with van der Waals surface area (Å²) in [6.07, 6.45) is 4.15. The summed E-state index contributed by atoms with van der Waals surface area (Å²) < 4.78 is 0. The molecule has 0 saturated heterocycles. The first-order chi connectivity index (χ1) is 14.2. The van der Waals surface area contributed by atoms with Crippen LogP contribution in [0.4, 0.5) is 17.1 Å². The largest absolute Gasteiger partial charge is 0.385 e. The van der Waals surface area contributed by atoms with Crippen molar-refractivity contribution in [2.24, 2.45) is 5.10 Å². The minimum Gasteiger partial charge on any atom is -0.385 e. The third-order valence-corrected chi connectivity index (χ3v) is 4.78. The second-order valence-corrected chi connectivity index (χ2v) is 7.25. The number of nitrogens with one attached hydrogen (secondary N) is 2. The molecule has 0 saturated carbocycles. The molecule has 0 heterocycles. The summed E-state index contributed by atoms with van der Waals surface area (Å²) in [5, 5.41) is 7.79. The van der Waals surface area contributed by atoms with Crippen LogP contribution >= 0.6 is 0 Å². The van der Waals surface area contributed by atoms with Gasteiger partial charge in [0.15, 0.2) is 0 Å². The first kappa shape index (κ1) is 20.5. The zero-order chi connectivity index (χ0) is 20.3. The monoisotopic (exact) mass is 386 g/mol. The SMILES string of the molecule is Cc1cccc(N/N=C\c2ccc(N(C)CCCCNc3ccccc3)cc2)c1. The van der Waals surface area contributed by atoms with Gasteiger partial charge >= 0.3 is 0 Å². The number of rotatable bonds is 10. The highest BCUT2D eigenvalue weighted by Crippen LogP contribution is 2.14. The molecule has 0 unspecified atom stereocenters. The van der Waals surface area contributed by atoms with E-state index >= 15 is 0 Å². The third kappa shape index (κ3) is 7.00. The summed E-state index contributed by atoms with van der Waals surface area (Å²) in [5.41, 5.74) is 8.79. The lowest BCUT2D eigenvalue weighted by Gasteiger charge is -2.19. The number of nitrogens with zero attached hydrogens (tertiary/aromatic N) is 2. The molecule has 0 aromatic heterocycles. The Labute approximate surface area is 174 Å². The van der Waals surface area contributed by atoms with Crippen LogP contribution in [-0.4, -0.2) is 26.4 Å². The molecule has 0 aliphatic carbocycles. The van der Waals surface area contributed by atoms with E-state index in [-0.39, 0.29) is 0 Å². The summed E-state index contributed by atoms with van der Waals surface area (Å²) in [5.74, 6) is 0. The van der Waals surface area contributed by atoms with Gasteiger partial charge in [-0.05, 0) is 67.3 Å². The number of hydrazone groups is 1. The van der Waals surface area contributed by atoms with Crippen molar-refractivity contribution in [1.82, 2.24) is 0 Å². The Hall–Kier alpha value is -3.27. The summed E-state index contributed by atoms with van der Waals surface area (Å²) in [4.78, 5) is 2.30. The molecule has 0 aliphatic heterocycles. The highest BCUT2D eigenvalue weighted by Gasteiger charge is 2.01. The van der Waals surface area contributed by atoms with Gasteiger partial charge in [0.05, 0.1) is 11.9 Å². The van der Waals surface area contributed by atoms with Crippen molar-refractivity contribution in [2.45, 2.75) is 19.8 Å². The van der Waals surface area contributed by atoms with Crippen LogP contribution in [0.15, 0.2) is 84.0 Å². The fourth-order valence-corrected chi connectivity index (χ4v) is 3.10. The van der Waals surface area contributed by atoms with Crippen LogP contribution in [0.3, 0.4) is 0 Å². The van der Waals surface area contributed by atoms with Crippen LogP contribution in [0, 0.1) is 6.92 Å². The molecule has 0 radical (unpaired) electrons. The molecule has 4 heteroatoms. The Morgan fingerprint density at radius 2 is 1.62 bits per heavy atom. The molecule has 0 atom stereocenters. The minimum absolute atomic E-state index is 0.999. The van der Waals surface area contributed by atoms with E-state index in [0.29, 0.717) is 0 Å². The summed E-state index contributed by atoms with van der Waals surface area (Å²) in [6.45, 7) is 4.12. The van der Waals surface area contributed by atoms with Crippen LogP contribution < -0.4 is 15.6 Å². The number of hydrogen-bond donors (Lipinski definition) is 2. The predicted octanol–water partition coefficient (Wildman–Crippen LogP) is 5.77. The second kappa shape index (κ2) is 10.9. The minimum atomic E-state index is 0.999. The summed E-state index contributed by atoms with van der Waals surface area (Å²) >= 11 is 0. The van der Waals surface area contributed by atoms with Crippen LogP contribution in [0.25, 0.3) is 0 Å². The van der Waals surface area contributed by atoms with Crippen molar-refractivity contribution < 1.29 is 0 Å². The first-order valence-electron chi connectivity index (χ1n) is 10.2. The number of aryl methyl sites for hydroxylation is 1. The van der Waals surface area contributed by atoms with Crippen LogP contribution in [0.5, 0.6) is 0 Å². The van der Waals surface area contributed by atoms with Gasteiger partial charge in [-0.25, -0.2) is 0 Å². The molecule has 0 spiro atoms. The molecule has 2 N–H and O–H groups in total. The zero-order valence-electron chi connectivity index (χ0n) is 17.3. The highest BCUT2D eigenvalue weighted by molar-refractivity contribution is 5.81. The van der Waals surface area contributed by atoms with E-state index in [4.69, 9.17) is 0 Å². The first-order valence-corrected chi connectivity index (χ1v) is 10.2. The van der Waals surface area contributed by atoms with Crippen LogP contribution in [0.2, 0.25) is 0 Å². The lowest BCUT2D eigenvalue weighted by atomic mass is 10.2. The molecule has 0 amide bonds. The summed E-state index contributed by atoms with van der Waals surface area (Å²) in [6, 6.07) is 27.0. The molecular weight excluding hydrogens is 356 g/mol. The maximum atomic E-state index is 4.33. The zero-order valence-corrected chi connectivity index (χ0v) is 17.3. The average Bonchev–Trinajstić information content (AvgIpc) is 2.75. The van der Waals surface area contributed by atoms with Gasteiger partial charge in [-0.3, -0.25) is 5.43 Å². The summed E-state index contributed by atoms with van der Waals surface area (Å²) in [7, 11) is 2.15. The quantitative estimate of drug-likeness (QED) is 0.264. The topological polar surface area (TPSA) is 39.7 Å². The molecule has 3 aromatic carbocycles.